The molecule has 7 heteroatoms. The molecule has 0 aliphatic rings. The molecule has 0 radical (unpaired) electrons. The van der Waals surface area contributed by atoms with Crippen LogP contribution in [0.1, 0.15) is 25.0 Å². The molecule has 0 aliphatic carbocycles. The summed E-state index contributed by atoms with van der Waals surface area (Å²) in [4.78, 5) is 13.6. The summed E-state index contributed by atoms with van der Waals surface area (Å²) >= 11 is 0. The maximum absolute atomic E-state index is 12.6. The highest BCUT2D eigenvalue weighted by molar-refractivity contribution is 7.89. The van der Waals surface area contributed by atoms with E-state index in [0.717, 1.165) is 11.4 Å². The minimum atomic E-state index is -3.55. The number of nitrogens with one attached hydrogen (secondary N) is 2. The van der Waals surface area contributed by atoms with Gasteiger partial charge in [-0.15, -0.1) is 0 Å². The zero-order chi connectivity index (χ0) is 20.7. The lowest BCUT2D eigenvalue weighted by Crippen LogP contribution is -3.08. The summed E-state index contributed by atoms with van der Waals surface area (Å²) in [6.07, 6.45) is 0. The highest BCUT2D eigenvalue weighted by atomic mass is 32.2. The normalized spacial score (nSPS) is 12.8. The predicted octanol–water partition coefficient (Wildman–Crippen LogP) is 1.68. The standard InChI is InChI=1S/C21H29N3O3S/c1-5-24(6-2)28(26,27)20-9-7-8-19(14-20)22-21(25)16-23(4)15-18-12-10-17(3)11-13-18/h7-14H,5-6,15-16H2,1-4H3,(H,22,25)/p+1. The van der Waals surface area contributed by atoms with Crippen LogP contribution >= 0.6 is 0 Å². The Hall–Kier alpha value is -2.22. The Kier molecular flexibility index (Phi) is 7.74. The Labute approximate surface area is 168 Å². The molecule has 1 atom stereocenters. The van der Waals surface area contributed by atoms with Gasteiger partial charge in [0.15, 0.2) is 6.54 Å². The molecule has 1 unspecified atom stereocenters. The Bertz CT molecular complexity index is 891. The van der Waals surface area contributed by atoms with Crippen LogP contribution in [-0.2, 0) is 21.4 Å². The van der Waals surface area contributed by atoms with Crippen molar-refractivity contribution >= 4 is 21.6 Å². The summed E-state index contributed by atoms with van der Waals surface area (Å²) in [5, 5.41) is 2.81. The van der Waals surface area contributed by atoms with Gasteiger partial charge in [0.05, 0.1) is 11.9 Å². The number of anilines is 1. The zero-order valence-corrected chi connectivity index (χ0v) is 17.8. The number of likely N-dealkylation sites (N-methyl/N-ethyl adjacent to an activating group) is 1. The van der Waals surface area contributed by atoms with Crippen molar-refractivity contribution in [1.29, 1.82) is 0 Å². The summed E-state index contributed by atoms with van der Waals surface area (Å²) in [6.45, 7) is 7.50. The number of carbonyl (C=O) groups is 1. The van der Waals surface area contributed by atoms with Gasteiger partial charge in [0.2, 0.25) is 10.0 Å². The van der Waals surface area contributed by atoms with E-state index >= 15 is 0 Å². The first-order valence-corrected chi connectivity index (χ1v) is 11.0. The van der Waals surface area contributed by atoms with Crippen molar-refractivity contribution in [3.8, 4) is 0 Å². The molecule has 0 aromatic heterocycles. The zero-order valence-electron chi connectivity index (χ0n) is 17.0. The average molecular weight is 405 g/mol. The van der Waals surface area contributed by atoms with Crippen molar-refractivity contribution in [3.63, 3.8) is 0 Å². The van der Waals surface area contributed by atoms with E-state index in [9.17, 15) is 13.2 Å². The molecule has 6 nitrogen and oxygen atoms in total. The number of sulfonamides is 1. The third-order valence-electron chi connectivity index (χ3n) is 4.55. The Balaban J connectivity index is 2.01. The molecule has 0 aliphatic heterocycles. The molecule has 0 saturated heterocycles. The highest BCUT2D eigenvalue weighted by Crippen LogP contribution is 2.19. The SMILES string of the molecule is CCN(CC)S(=O)(=O)c1cccc(NC(=O)C[NH+](C)Cc2ccc(C)cc2)c1. The van der Waals surface area contributed by atoms with Crippen LogP contribution in [-0.4, -0.2) is 45.3 Å². The molecular formula is C21H30N3O3S+. The van der Waals surface area contributed by atoms with Gasteiger partial charge in [-0.3, -0.25) is 4.79 Å². The number of carbonyl (C=O) groups excluding carboxylic acids is 1. The monoisotopic (exact) mass is 404 g/mol. The largest absolute Gasteiger partial charge is 0.326 e. The second kappa shape index (κ2) is 9.82. The van der Waals surface area contributed by atoms with E-state index in [1.54, 1.807) is 32.0 Å². The van der Waals surface area contributed by atoms with Crippen LogP contribution in [0, 0.1) is 6.92 Å². The van der Waals surface area contributed by atoms with Crippen LogP contribution in [0.25, 0.3) is 0 Å². The van der Waals surface area contributed by atoms with Crippen molar-refractivity contribution in [2.24, 2.45) is 0 Å². The lowest BCUT2D eigenvalue weighted by Gasteiger charge is -2.19. The lowest BCUT2D eigenvalue weighted by molar-refractivity contribution is -0.885. The molecular weight excluding hydrogens is 374 g/mol. The molecule has 0 saturated carbocycles. The average Bonchev–Trinajstić information content (AvgIpc) is 2.64. The molecule has 2 aromatic rings. The third kappa shape index (κ3) is 5.89. The summed E-state index contributed by atoms with van der Waals surface area (Å²) in [5.74, 6) is -0.151. The molecule has 0 spiro atoms. The van der Waals surface area contributed by atoms with E-state index in [1.807, 2.05) is 14.0 Å². The summed E-state index contributed by atoms with van der Waals surface area (Å²) in [5.41, 5.74) is 2.86. The summed E-state index contributed by atoms with van der Waals surface area (Å²) in [7, 11) is -1.59. The van der Waals surface area contributed by atoms with Crippen molar-refractivity contribution in [2.75, 3.05) is 32.0 Å². The Morgan fingerprint density at radius 1 is 1.07 bits per heavy atom. The van der Waals surface area contributed by atoms with Crippen molar-refractivity contribution in [2.45, 2.75) is 32.2 Å². The molecule has 1 amide bonds. The number of nitrogens with zero attached hydrogens (tertiary/aromatic N) is 1. The van der Waals surface area contributed by atoms with Crippen LogP contribution in [0.3, 0.4) is 0 Å². The number of rotatable bonds is 9. The van der Waals surface area contributed by atoms with Crippen molar-refractivity contribution < 1.29 is 18.1 Å². The maximum atomic E-state index is 12.6. The maximum Gasteiger partial charge on any atom is 0.279 e. The third-order valence-corrected chi connectivity index (χ3v) is 6.60. The first-order valence-electron chi connectivity index (χ1n) is 9.53. The number of amides is 1. The van der Waals surface area contributed by atoms with Crippen molar-refractivity contribution in [1.82, 2.24) is 4.31 Å². The Morgan fingerprint density at radius 3 is 2.32 bits per heavy atom. The molecule has 2 N–H and O–H groups in total. The number of quaternary nitrogens is 1. The fourth-order valence-corrected chi connectivity index (χ4v) is 4.55. The summed E-state index contributed by atoms with van der Waals surface area (Å²) in [6, 6.07) is 14.7. The highest BCUT2D eigenvalue weighted by Gasteiger charge is 2.22. The topological polar surface area (TPSA) is 70.9 Å². The Morgan fingerprint density at radius 2 is 1.71 bits per heavy atom. The van der Waals surface area contributed by atoms with Gasteiger partial charge in [-0.25, -0.2) is 8.42 Å². The van der Waals surface area contributed by atoms with E-state index in [0.29, 0.717) is 25.3 Å². The van der Waals surface area contributed by atoms with Gasteiger partial charge in [-0.1, -0.05) is 49.7 Å². The lowest BCUT2D eigenvalue weighted by atomic mass is 10.1. The number of benzene rings is 2. The first kappa shape index (κ1) is 22.1. The molecule has 0 fully saturated rings. The quantitative estimate of drug-likeness (QED) is 0.668. The van der Waals surface area contributed by atoms with Gasteiger partial charge in [-0.2, -0.15) is 4.31 Å². The van der Waals surface area contributed by atoms with E-state index in [1.165, 1.54) is 21.5 Å². The molecule has 152 valence electrons. The van der Waals surface area contributed by atoms with Gasteiger partial charge >= 0.3 is 0 Å². The fourth-order valence-electron chi connectivity index (χ4n) is 3.04. The van der Waals surface area contributed by atoms with Gasteiger partial charge in [0.25, 0.3) is 5.91 Å². The molecule has 0 heterocycles. The number of aryl methyl sites for hydroxylation is 1. The molecule has 28 heavy (non-hydrogen) atoms. The molecule has 2 rings (SSSR count). The molecule has 0 bridgehead atoms. The van der Waals surface area contributed by atoms with E-state index in [-0.39, 0.29) is 10.8 Å². The van der Waals surface area contributed by atoms with Gasteiger partial charge in [0, 0.05) is 24.3 Å². The van der Waals surface area contributed by atoms with Crippen LogP contribution in [0.15, 0.2) is 53.4 Å². The first-order chi connectivity index (χ1) is 13.3. The van der Waals surface area contributed by atoms with E-state index in [4.69, 9.17) is 0 Å². The fraction of sp³-hybridized carbons (Fsp3) is 0.381. The number of hydrogen-bond donors (Lipinski definition) is 2. The number of hydrogen-bond acceptors (Lipinski definition) is 3. The van der Waals surface area contributed by atoms with Crippen LogP contribution in [0.5, 0.6) is 0 Å². The van der Waals surface area contributed by atoms with Crippen molar-refractivity contribution in [3.05, 3.63) is 59.7 Å². The molecule has 2 aromatic carbocycles. The van der Waals surface area contributed by atoms with Crippen LogP contribution in [0.4, 0.5) is 5.69 Å². The van der Waals surface area contributed by atoms with Gasteiger partial charge in [-0.05, 0) is 25.1 Å². The second-order valence-corrected chi connectivity index (χ2v) is 8.90. The smallest absolute Gasteiger partial charge is 0.279 e. The minimum absolute atomic E-state index is 0.151. The van der Waals surface area contributed by atoms with Gasteiger partial charge < -0.3 is 10.2 Å². The van der Waals surface area contributed by atoms with E-state index < -0.39 is 10.0 Å². The van der Waals surface area contributed by atoms with Crippen LogP contribution in [0.2, 0.25) is 0 Å². The minimum Gasteiger partial charge on any atom is -0.326 e. The van der Waals surface area contributed by atoms with Gasteiger partial charge in [0.1, 0.15) is 6.54 Å². The predicted molar refractivity (Wildman–Crippen MR) is 112 cm³/mol. The van der Waals surface area contributed by atoms with Crippen LogP contribution < -0.4 is 10.2 Å². The summed E-state index contributed by atoms with van der Waals surface area (Å²) < 4.78 is 26.7. The van der Waals surface area contributed by atoms with E-state index in [2.05, 4.69) is 29.6 Å². The second-order valence-electron chi connectivity index (χ2n) is 6.96.